The molecule has 0 spiro atoms. The fourth-order valence-corrected chi connectivity index (χ4v) is 1.84. The summed E-state index contributed by atoms with van der Waals surface area (Å²) in [6.07, 6.45) is -4.76. The largest absolute Gasteiger partial charge is 0.573 e. The van der Waals surface area contributed by atoms with Gasteiger partial charge in [-0.15, -0.1) is 13.2 Å². The van der Waals surface area contributed by atoms with Gasteiger partial charge in [-0.3, -0.25) is 10.1 Å². The molecule has 0 heterocycles. The van der Waals surface area contributed by atoms with Crippen LogP contribution in [0.4, 0.5) is 18.9 Å². The van der Waals surface area contributed by atoms with E-state index in [4.69, 9.17) is 16.3 Å². The lowest BCUT2D eigenvalue weighted by atomic mass is 10.2. The standard InChI is InChI=1S/C14H9ClF3NO4/c15-12-6-3-10(19(20)21)7-13(12)22-8-9-1-4-11(5-2-9)23-14(16,17)18/h1-7H,8H2. The highest BCUT2D eigenvalue weighted by Gasteiger charge is 2.30. The summed E-state index contributed by atoms with van der Waals surface area (Å²) in [5.74, 6) is -0.244. The summed E-state index contributed by atoms with van der Waals surface area (Å²) in [4.78, 5) is 10.1. The van der Waals surface area contributed by atoms with E-state index in [2.05, 4.69) is 4.74 Å². The van der Waals surface area contributed by atoms with E-state index in [1.54, 1.807) is 0 Å². The Balaban J connectivity index is 2.04. The zero-order valence-electron chi connectivity index (χ0n) is 11.3. The van der Waals surface area contributed by atoms with Crippen molar-refractivity contribution >= 4 is 17.3 Å². The van der Waals surface area contributed by atoms with Crippen LogP contribution in [-0.2, 0) is 6.61 Å². The van der Waals surface area contributed by atoms with Crippen molar-refractivity contribution in [3.05, 3.63) is 63.2 Å². The number of hydrogen-bond acceptors (Lipinski definition) is 4. The molecular weight excluding hydrogens is 339 g/mol. The van der Waals surface area contributed by atoms with Crippen LogP contribution in [0.15, 0.2) is 42.5 Å². The molecule has 0 unspecified atom stereocenters. The van der Waals surface area contributed by atoms with Crippen LogP contribution >= 0.6 is 11.6 Å². The first-order valence-electron chi connectivity index (χ1n) is 6.16. The van der Waals surface area contributed by atoms with E-state index in [1.165, 1.54) is 30.3 Å². The third-order valence-electron chi connectivity index (χ3n) is 2.68. The van der Waals surface area contributed by atoms with Gasteiger partial charge >= 0.3 is 6.36 Å². The molecule has 23 heavy (non-hydrogen) atoms. The van der Waals surface area contributed by atoms with E-state index >= 15 is 0 Å². The Hall–Kier alpha value is -2.48. The molecule has 2 rings (SSSR count). The van der Waals surface area contributed by atoms with Crippen LogP contribution in [0.2, 0.25) is 5.02 Å². The number of nitro groups is 1. The maximum Gasteiger partial charge on any atom is 0.573 e. The SMILES string of the molecule is O=[N+]([O-])c1ccc(Cl)c(OCc2ccc(OC(F)(F)F)cc2)c1. The Morgan fingerprint density at radius 2 is 1.78 bits per heavy atom. The molecule has 2 aromatic rings. The van der Waals surface area contributed by atoms with Crippen LogP contribution in [0, 0.1) is 10.1 Å². The molecule has 0 aliphatic rings. The number of rotatable bonds is 5. The molecule has 0 radical (unpaired) electrons. The monoisotopic (exact) mass is 347 g/mol. The Morgan fingerprint density at radius 1 is 1.13 bits per heavy atom. The van der Waals surface area contributed by atoms with E-state index in [0.29, 0.717) is 5.56 Å². The van der Waals surface area contributed by atoms with Crippen LogP contribution in [0.3, 0.4) is 0 Å². The molecule has 0 fully saturated rings. The Morgan fingerprint density at radius 3 is 2.35 bits per heavy atom. The Kier molecular flexibility index (Phi) is 4.95. The smallest absolute Gasteiger partial charge is 0.487 e. The third kappa shape index (κ3) is 5.03. The zero-order valence-corrected chi connectivity index (χ0v) is 12.1. The first-order valence-corrected chi connectivity index (χ1v) is 6.54. The van der Waals surface area contributed by atoms with Crippen molar-refractivity contribution in [3.8, 4) is 11.5 Å². The van der Waals surface area contributed by atoms with Crippen molar-refractivity contribution in [2.45, 2.75) is 13.0 Å². The van der Waals surface area contributed by atoms with E-state index < -0.39 is 11.3 Å². The van der Waals surface area contributed by atoms with Gasteiger partial charge in [0.05, 0.1) is 16.0 Å². The average molecular weight is 348 g/mol. The first-order chi connectivity index (χ1) is 10.7. The maximum absolute atomic E-state index is 12.0. The summed E-state index contributed by atoms with van der Waals surface area (Å²) in [5, 5.41) is 10.9. The van der Waals surface area contributed by atoms with Gasteiger partial charge in [-0.05, 0) is 23.8 Å². The van der Waals surface area contributed by atoms with Gasteiger partial charge in [-0.1, -0.05) is 23.7 Å². The van der Waals surface area contributed by atoms with Crippen molar-refractivity contribution in [2.24, 2.45) is 0 Å². The lowest BCUT2D eigenvalue weighted by Crippen LogP contribution is -2.17. The molecule has 0 bridgehead atoms. The van der Waals surface area contributed by atoms with Gasteiger partial charge in [0.15, 0.2) is 0 Å². The van der Waals surface area contributed by atoms with E-state index in [9.17, 15) is 23.3 Å². The molecule has 0 atom stereocenters. The van der Waals surface area contributed by atoms with Gasteiger partial charge in [0, 0.05) is 6.07 Å². The zero-order chi connectivity index (χ0) is 17.0. The van der Waals surface area contributed by atoms with Gasteiger partial charge in [0.25, 0.3) is 5.69 Å². The predicted molar refractivity (Wildman–Crippen MR) is 75.6 cm³/mol. The summed E-state index contributed by atoms with van der Waals surface area (Å²) in [6, 6.07) is 8.78. The van der Waals surface area contributed by atoms with Crippen LogP contribution < -0.4 is 9.47 Å². The fraction of sp³-hybridized carbons (Fsp3) is 0.143. The number of alkyl halides is 3. The van der Waals surface area contributed by atoms with Crippen LogP contribution in [0.1, 0.15) is 5.56 Å². The van der Waals surface area contributed by atoms with E-state index in [-0.39, 0.29) is 28.8 Å². The quantitative estimate of drug-likeness (QED) is 0.579. The summed E-state index contributed by atoms with van der Waals surface area (Å²) in [7, 11) is 0. The van der Waals surface area contributed by atoms with Crippen molar-refractivity contribution < 1.29 is 27.6 Å². The maximum atomic E-state index is 12.0. The van der Waals surface area contributed by atoms with E-state index in [1.807, 2.05) is 0 Å². The molecule has 5 nitrogen and oxygen atoms in total. The number of ether oxygens (including phenoxy) is 2. The number of hydrogen-bond donors (Lipinski definition) is 0. The number of nitrogens with zero attached hydrogens (tertiary/aromatic N) is 1. The Labute approximate surface area is 133 Å². The van der Waals surface area contributed by atoms with Gasteiger partial charge in [0.1, 0.15) is 18.1 Å². The molecule has 2 aromatic carbocycles. The molecule has 9 heteroatoms. The van der Waals surface area contributed by atoms with Gasteiger partial charge in [-0.25, -0.2) is 0 Å². The minimum Gasteiger partial charge on any atom is -0.487 e. The number of nitro benzene ring substituents is 1. The molecule has 122 valence electrons. The van der Waals surface area contributed by atoms with Crippen molar-refractivity contribution in [2.75, 3.05) is 0 Å². The minimum absolute atomic E-state index is 0.0206. The topological polar surface area (TPSA) is 61.6 Å². The molecule has 0 aliphatic carbocycles. The molecular formula is C14H9ClF3NO4. The van der Waals surface area contributed by atoms with E-state index in [0.717, 1.165) is 12.1 Å². The van der Waals surface area contributed by atoms with Crippen molar-refractivity contribution in [3.63, 3.8) is 0 Å². The van der Waals surface area contributed by atoms with Crippen LogP contribution in [0.5, 0.6) is 11.5 Å². The molecule has 0 saturated heterocycles. The van der Waals surface area contributed by atoms with Gasteiger partial charge < -0.3 is 9.47 Å². The van der Waals surface area contributed by atoms with Crippen molar-refractivity contribution in [1.82, 2.24) is 0 Å². The number of benzene rings is 2. The summed E-state index contributed by atoms with van der Waals surface area (Å²) >= 11 is 5.87. The third-order valence-corrected chi connectivity index (χ3v) is 2.99. The fourth-order valence-electron chi connectivity index (χ4n) is 1.66. The van der Waals surface area contributed by atoms with Gasteiger partial charge in [0.2, 0.25) is 0 Å². The van der Waals surface area contributed by atoms with Crippen LogP contribution in [-0.4, -0.2) is 11.3 Å². The van der Waals surface area contributed by atoms with Gasteiger partial charge in [-0.2, -0.15) is 0 Å². The van der Waals surface area contributed by atoms with Crippen LogP contribution in [0.25, 0.3) is 0 Å². The highest BCUT2D eigenvalue weighted by atomic mass is 35.5. The molecule has 0 amide bonds. The molecule has 0 aliphatic heterocycles. The normalized spacial score (nSPS) is 11.1. The highest BCUT2D eigenvalue weighted by Crippen LogP contribution is 2.30. The minimum atomic E-state index is -4.76. The molecule has 0 saturated carbocycles. The average Bonchev–Trinajstić information content (AvgIpc) is 2.46. The second-order valence-corrected chi connectivity index (χ2v) is 4.76. The molecule has 0 N–H and O–H groups in total. The predicted octanol–water partition coefficient (Wildman–Crippen LogP) is 4.73. The lowest BCUT2D eigenvalue weighted by Gasteiger charge is -2.10. The summed E-state index contributed by atoms with van der Waals surface area (Å²) < 4.78 is 45.2. The second kappa shape index (κ2) is 6.74. The molecule has 0 aromatic heterocycles. The second-order valence-electron chi connectivity index (χ2n) is 4.35. The Bertz CT molecular complexity index is 704. The summed E-state index contributed by atoms with van der Waals surface area (Å²) in [5.41, 5.74) is 0.362. The summed E-state index contributed by atoms with van der Waals surface area (Å²) in [6.45, 7) is -0.0206. The number of non-ortho nitro benzene ring substituents is 1. The number of halogens is 4. The van der Waals surface area contributed by atoms with Crippen molar-refractivity contribution in [1.29, 1.82) is 0 Å². The highest BCUT2D eigenvalue weighted by molar-refractivity contribution is 6.32. The lowest BCUT2D eigenvalue weighted by molar-refractivity contribution is -0.384. The first kappa shape index (κ1) is 16.9.